The van der Waals surface area contributed by atoms with Crippen molar-refractivity contribution in [1.29, 1.82) is 0 Å². The molecule has 3 aliphatic rings. The summed E-state index contributed by atoms with van der Waals surface area (Å²) >= 11 is 0. The summed E-state index contributed by atoms with van der Waals surface area (Å²) in [6.07, 6.45) is 1.97. The van der Waals surface area contributed by atoms with Gasteiger partial charge in [-0.2, -0.15) is 0 Å². The minimum atomic E-state index is -0.140. The molecule has 13 heavy (non-hydrogen) atoms. The van der Waals surface area contributed by atoms with E-state index in [1.165, 1.54) is 0 Å². The van der Waals surface area contributed by atoms with Crippen LogP contribution in [0.15, 0.2) is 12.7 Å². The molecule has 0 N–H and O–H groups in total. The molecule has 0 spiro atoms. The number of hydrogen-bond acceptors (Lipinski definition) is 4. The lowest BCUT2D eigenvalue weighted by Crippen LogP contribution is -2.41. The summed E-state index contributed by atoms with van der Waals surface area (Å²) in [5.74, 6) is 0. The fourth-order valence-electron chi connectivity index (χ4n) is 2.00. The summed E-state index contributed by atoms with van der Waals surface area (Å²) in [5.41, 5.74) is 0. The monoisotopic (exact) mass is 184 g/mol. The van der Waals surface area contributed by atoms with Gasteiger partial charge in [0.15, 0.2) is 6.29 Å². The van der Waals surface area contributed by atoms with Crippen molar-refractivity contribution in [2.45, 2.75) is 30.7 Å². The van der Waals surface area contributed by atoms with Gasteiger partial charge in [-0.05, 0) is 0 Å². The second kappa shape index (κ2) is 2.78. The third-order valence-electron chi connectivity index (χ3n) is 2.66. The number of hydrogen-bond donors (Lipinski definition) is 0. The molecule has 4 heteroatoms. The SMILES string of the molecule is C=CCO[C@H]1[C@H]2O[C@H]2[C@@H]2OC[C@H]1O2. The van der Waals surface area contributed by atoms with Crippen LogP contribution in [0.4, 0.5) is 0 Å². The van der Waals surface area contributed by atoms with Crippen molar-refractivity contribution in [3.63, 3.8) is 0 Å². The quantitative estimate of drug-likeness (QED) is 0.460. The van der Waals surface area contributed by atoms with Gasteiger partial charge in [-0.25, -0.2) is 0 Å². The van der Waals surface area contributed by atoms with Crippen LogP contribution in [-0.4, -0.2) is 43.9 Å². The third-order valence-corrected chi connectivity index (χ3v) is 2.66. The van der Waals surface area contributed by atoms with Crippen molar-refractivity contribution < 1.29 is 18.9 Å². The van der Waals surface area contributed by atoms with E-state index in [9.17, 15) is 0 Å². The maximum atomic E-state index is 5.57. The number of rotatable bonds is 3. The molecule has 0 unspecified atom stereocenters. The van der Waals surface area contributed by atoms with Crippen LogP contribution in [-0.2, 0) is 18.9 Å². The van der Waals surface area contributed by atoms with E-state index in [-0.39, 0.29) is 30.7 Å². The van der Waals surface area contributed by atoms with Crippen LogP contribution in [0.5, 0.6) is 0 Å². The Hall–Kier alpha value is -0.420. The second-order valence-electron chi connectivity index (χ2n) is 3.53. The molecule has 0 aromatic carbocycles. The van der Waals surface area contributed by atoms with E-state index < -0.39 is 0 Å². The molecule has 3 heterocycles. The predicted molar refractivity (Wildman–Crippen MR) is 43.2 cm³/mol. The topological polar surface area (TPSA) is 40.2 Å². The van der Waals surface area contributed by atoms with Gasteiger partial charge in [0, 0.05) is 0 Å². The van der Waals surface area contributed by atoms with E-state index in [1.807, 2.05) is 0 Å². The van der Waals surface area contributed by atoms with Crippen LogP contribution in [0.1, 0.15) is 0 Å². The standard InChI is InChI=1S/C9H12O4/c1-2-3-10-6-5-4-11-9(12-5)8-7(6)13-8/h2,5-9H,1,3-4H2/t5-,6-,7-,8-,9-/m1/s1. The molecule has 3 aliphatic heterocycles. The first-order valence-corrected chi connectivity index (χ1v) is 4.55. The molecule has 0 aromatic heterocycles. The summed E-state index contributed by atoms with van der Waals surface area (Å²) in [4.78, 5) is 0. The zero-order valence-corrected chi connectivity index (χ0v) is 7.22. The molecular weight excluding hydrogens is 172 g/mol. The molecule has 5 atom stereocenters. The fraction of sp³-hybridized carbons (Fsp3) is 0.778. The lowest BCUT2D eigenvalue weighted by Gasteiger charge is -2.23. The molecule has 0 amide bonds. The normalized spacial score (nSPS) is 51.5. The van der Waals surface area contributed by atoms with Gasteiger partial charge in [-0.15, -0.1) is 6.58 Å². The van der Waals surface area contributed by atoms with Crippen LogP contribution in [0, 0.1) is 0 Å². The van der Waals surface area contributed by atoms with Crippen LogP contribution in [0.25, 0.3) is 0 Å². The number of fused-ring (bicyclic) bond motifs is 4. The Labute approximate surface area is 76.4 Å². The first-order chi connectivity index (χ1) is 6.40. The highest BCUT2D eigenvalue weighted by Crippen LogP contribution is 2.42. The van der Waals surface area contributed by atoms with E-state index in [4.69, 9.17) is 18.9 Å². The zero-order valence-electron chi connectivity index (χ0n) is 7.22. The van der Waals surface area contributed by atoms with Gasteiger partial charge in [0.1, 0.15) is 24.4 Å². The predicted octanol–water partition coefficient (Wildman–Crippen LogP) is 0.0801. The maximum Gasteiger partial charge on any atom is 0.187 e. The Balaban J connectivity index is 1.69. The summed E-state index contributed by atoms with van der Waals surface area (Å²) in [7, 11) is 0. The fourth-order valence-corrected chi connectivity index (χ4v) is 2.00. The maximum absolute atomic E-state index is 5.57. The second-order valence-corrected chi connectivity index (χ2v) is 3.53. The lowest BCUT2D eigenvalue weighted by atomic mass is 10.1. The first-order valence-electron chi connectivity index (χ1n) is 4.55. The van der Waals surface area contributed by atoms with Gasteiger partial charge in [-0.1, -0.05) is 6.08 Å². The Kier molecular flexibility index (Phi) is 1.70. The highest BCUT2D eigenvalue weighted by molar-refractivity contribution is 5.04. The Bertz CT molecular complexity index is 230. The smallest absolute Gasteiger partial charge is 0.187 e. The minimum absolute atomic E-state index is 0.0294. The van der Waals surface area contributed by atoms with Crippen molar-refractivity contribution in [3.05, 3.63) is 12.7 Å². The van der Waals surface area contributed by atoms with Gasteiger partial charge < -0.3 is 18.9 Å². The summed E-state index contributed by atoms with van der Waals surface area (Å²) in [6, 6.07) is 0. The van der Waals surface area contributed by atoms with E-state index in [0.717, 1.165) is 0 Å². The van der Waals surface area contributed by atoms with Crippen molar-refractivity contribution >= 4 is 0 Å². The van der Waals surface area contributed by atoms with Crippen LogP contribution in [0.3, 0.4) is 0 Å². The van der Waals surface area contributed by atoms with E-state index in [2.05, 4.69) is 6.58 Å². The van der Waals surface area contributed by atoms with Crippen molar-refractivity contribution in [3.8, 4) is 0 Å². The molecule has 2 bridgehead atoms. The molecule has 3 saturated heterocycles. The van der Waals surface area contributed by atoms with Crippen molar-refractivity contribution in [2.75, 3.05) is 13.2 Å². The Morgan fingerprint density at radius 3 is 3.15 bits per heavy atom. The average molecular weight is 184 g/mol. The van der Waals surface area contributed by atoms with E-state index >= 15 is 0 Å². The molecule has 3 rings (SSSR count). The molecule has 0 radical (unpaired) electrons. The first kappa shape index (κ1) is 7.94. The third kappa shape index (κ3) is 1.14. The highest BCUT2D eigenvalue weighted by Gasteiger charge is 2.61. The minimum Gasteiger partial charge on any atom is -0.369 e. The molecule has 0 saturated carbocycles. The van der Waals surface area contributed by atoms with E-state index in [1.54, 1.807) is 6.08 Å². The van der Waals surface area contributed by atoms with Crippen LogP contribution >= 0.6 is 0 Å². The molecule has 0 aromatic rings. The Morgan fingerprint density at radius 1 is 1.38 bits per heavy atom. The van der Waals surface area contributed by atoms with Crippen molar-refractivity contribution in [2.24, 2.45) is 0 Å². The van der Waals surface area contributed by atoms with E-state index in [0.29, 0.717) is 13.2 Å². The van der Waals surface area contributed by atoms with Gasteiger partial charge in [-0.3, -0.25) is 0 Å². The Morgan fingerprint density at radius 2 is 2.31 bits per heavy atom. The molecule has 0 aliphatic carbocycles. The molecule has 3 fully saturated rings. The van der Waals surface area contributed by atoms with Gasteiger partial charge in [0.2, 0.25) is 0 Å². The molecule has 72 valence electrons. The van der Waals surface area contributed by atoms with Gasteiger partial charge in [0.05, 0.1) is 13.2 Å². The van der Waals surface area contributed by atoms with Crippen molar-refractivity contribution in [1.82, 2.24) is 0 Å². The highest BCUT2D eigenvalue weighted by atomic mass is 16.8. The van der Waals surface area contributed by atoms with Gasteiger partial charge in [0.25, 0.3) is 0 Å². The number of epoxide rings is 1. The lowest BCUT2D eigenvalue weighted by molar-refractivity contribution is -0.115. The zero-order chi connectivity index (χ0) is 8.84. The average Bonchev–Trinajstić information content (AvgIpc) is 2.82. The summed E-state index contributed by atoms with van der Waals surface area (Å²) in [6.45, 7) is 4.78. The van der Waals surface area contributed by atoms with Crippen LogP contribution in [0.2, 0.25) is 0 Å². The summed E-state index contributed by atoms with van der Waals surface area (Å²) in [5, 5.41) is 0. The molecule has 4 nitrogen and oxygen atoms in total. The molecular formula is C9H12O4. The van der Waals surface area contributed by atoms with Gasteiger partial charge >= 0.3 is 0 Å². The van der Waals surface area contributed by atoms with Crippen LogP contribution < -0.4 is 0 Å². The largest absolute Gasteiger partial charge is 0.369 e. The number of ether oxygens (including phenoxy) is 4. The summed E-state index contributed by atoms with van der Waals surface area (Å²) < 4.78 is 21.9.